The second-order valence-corrected chi connectivity index (χ2v) is 3.44. The minimum absolute atomic E-state index is 0. The highest BCUT2D eigenvalue weighted by atomic mass is 32.1. The van der Waals surface area contributed by atoms with E-state index in [2.05, 4.69) is 5.32 Å². The molecule has 78 valence electrons. The van der Waals surface area contributed by atoms with Crippen LogP contribution in [0.3, 0.4) is 0 Å². The fraction of sp³-hybridized carbons (Fsp3) is 0.222. The molecular weight excluding hydrogens is 216 g/mol. The van der Waals surface area contributed by atoms with Crippen LogP contribution in [0.2, 0.25) is 0 Å². The van der Waals surface area contributed by atoms with Gasteiger partial charge in [-0.1, -0.05) is 4.32 Å². The van der Waals surface area contributed by atoms with Crippen molar-refractivity contribution in [2.24, 2.45) is 0 Å². The summed E-state index contributed by atoms with van der Waals surface area (Å²) in [5.74, 6) is 0.850. The number of ether oxygens (including phenoxy) is 1. The Balaban J connectivity index is 0.00000169. The van der Waals surface area contributed by atoms with Crippen LogP contribution in [0.5, 0.6) is 5.75 Å². The number of nitrogens with one attached hydrogen (secondary N) is 1. The van der Waals surface area contributed by atoms with Crippen LogP contribution in [0, 0.1) is 0 Å². The molecule has 0 fully saturated rings. The molecule has 1 aromatic carbocycles. The smallest absolute Gasteiger partial charge is 0.119 e. The fourth-order valence-corrected chi connectivity index (χ4v) is 1.15. The van der Waals surface area contributed by atoms with Crippen LogP contribution >= 0.6 is 12.2 Å². The standard InChI is InChI=1S/C9H11NOS2.H3N/c1-2-11-8-5-3-7(4-6-8)10-9(12)13;/h3-6H,2H2,1H3,(H2,10,12,13);1H3. The van der Waals surface area contributed by atoms with Gasteiger partial charge in [-0.3, -0.25) is 0 Å². The van der Waals surface area contributed by atoms with Gasteiger partial charge in [0.15, 0.2) is 0 Å². The van der Waals surface area contributed by atoms with E-state index < -0.39 is 0 Å². The topological polar surface area (TPSA) is 57.8 Å². The van der Waals surface area contributed by atoms with E-state index in [4.69, 9.17) is 29.6 Å². The Morgan fingerprint density at radius 2 is 2.00 bits per heavy atom. The molecule has 0 aliphatic carbocycles. The van der Waals surface area contributed by atoms with E-state index >= 15 is 0 Å². The highest BCUT2D eigenvalue weighted by Crippen LogP contribution is 2.15. The van der Waals surface area contributed by atoms with Gasteiger partial charge >= 0.3 is 0 Å². The third kappa shape index (κ3) is 4.36. The van der Waals surface area contributed by atoms with Gasteiger partial charge in [0.25, 0.3) is 0 Å². The zero-order valence-corrected chi connectivity index (χ0v) is 9.87. The second-order valence-electron chi connectivity index (χ2n) is 2.37. The van der Waals surface area contributed by atoms with Crippen molar-refractivity contribution in [1.29, 1.82) is 0 Å². The predicted octanol–water partition coefficient (Wildman–Crippen LogP) is 2.71. The number of thiocarbonyl (C=S) groups is 1. The van der Waals surface area contributed by atoms with Crippen molar-refractivity contribution in [3.8, 4) is 5.75 Å². The van der Waals surface area contributed by atoms with Gasteiger partial charge in [-0.15, -0.1) is 0 Å². The van der Waals surface area contributed by atoms with Crippen molar-refractivity contribution in [3.63, 3.8) is 0 Å². The molecule has 0 aliphatic heterocycles. The van der Waals surface area contributed by atoms with Crippen LogP contribution in [-0.2, 0) is 12.6 Å². The van der Waals surface area contributed by atoms with E-state index in [0.29, 0.717) is 10.9 Å². The molecule has 0 bridgehead atoms. The van der Waals surface area contributed by atoms with Crippen molar-refractivity contribution in [2.75, 3.05) is 11.9 Å². The Kier molecular flexibility index (Phi) is 6.11. The van der Waals surface area contributed by atoms with Crippen LogP contribution in [0.15, 0.2) is 24.3 Å². The number of benzene rings is 1. The maximum absolute atomic E-state index is 5.28. The molecule has 5 N–H and O–H groups in total. The fourth-order valence-electron chi connectivity index (χ4n) is 0.919. The molecule has 5 heteroatoms. The quantitative estimate of drug-likeness (QED) is 0.619. The molecule has 14 heavy (non-hydrogen) atoms. The highest BCUT2D eigenvalue weighted by Gasteiger charge is 1.91. The Bertz CT molecular complexity index is 287. The largest absolute Gasteiger partial charge is 0.494 e. The average Bonchev–Trinajstić information content (AvgIpc) is 2.08. The van der Waals surface area contributed by atoms with E-state index in [0.717, 1.165) is 11.4 Å². The molecule has 1 rings (SSSR count). The first-order valence-corrected chi connectivity index (χ1v) is 4.75. The summed E-state index contributed by atoms with van der Waals surface area (Å²) >= 11 is 9.47. The maximum atomic E-state index is 5.28. The number of quaternary nitrogens is 1. The average molecular weight is 230 g/mol. The Morgan fingerprint density at radius 1 is 1.43 bits per heavy atom. The van der Waals surface area contributed by atoms with Crippen LogP contribution in [0.25, 0.3) is 0 Å². The Labute approximate surface area is 94.8 Å². The van der Waals surface area contributed by atoms with Crippen molar-refractivity contribution in [1.82, 2.24) is 6.15 Å². The molecule has 0 unspecified atom stereocenters. The van der Waals surface area contributed by atoms with Gasteiger partial charge in [-0.2, -0.15) is 0 Å². The van der Waals surface area contributed by atoms with Gasteiger partial charge in [-0.05, 0) is 31.2 Å². The van der Waals surface area contributed by atoms with E-state index in [1.165, 1.54) is 0 Å². The first kappa shape index (κ1) is 13.1. The number of hydrogen-bond donors (Lipinski definition) is 2. The van der Waals surface area contributed by atoms with Gasteiger partial charge in [0.05, 0.1) is 6.61 Å². The second kappa shape index (κ2) is 6.53. The molecule has 0 aliphatic rings. The van der Waals surface area contributed by atoms with Gasteiger partial charge in [0.2, 0.25) is 0 Å². The lowest BCUT2D eigenvalue weighted by molar-refractivity contribution is 0.340. The molecule has 0 aromatic heterocycles. The van der Waals surface area contributed by atoms with Crippen molar-refractivity contribution >= 4 is 34.9 Å². The minimum atomic E-state index is 0. The summed E-state index contributed by atoms with van der Waals surface area (Å²) in [5, 5.41) is 2.86. The summed E-state index contributed by atoms with van der Waals surface area (Å²) in [5.41, 5.74) is 0.892. The first-order valence-electron chi connectivity index (χ1n) is 3.93. The highest BCUT2D eigenvalue weighted by molar-refractivity contribution is 8.00. The molecule has 0 amide bonds. The summed E-state index contributed by atoms with van der Waals surface area (Å²) in [6, 6.07) is 7.51. The lowest BCUT2D eigenvalue weighted by Crippen LogP contribution is -2.03. The summed E-state index contributed by atoms with van der Waals surface area (Å²) < 4.78 is 5.63. The van der Waals surface area contributed by atoms with Gasteiger partial charge in [0.1, 0.15) is 5.75 Å². The van der Waals surface area contributed by atoms with E-state index in [-0.39, 0.29) is 6.15 Å². The molecule has 0 atom stereocenters. The van der Waals surface area contributed by atoms with Crippen molar-refractivity contribution in [3.05, 3.63) is 24.3 Å². The molecule has 0 heterocycles. The minimum Gasteiger partial charge on any atom is -0.494 e. The molecule has 3 nitrogen and oxygen atoms in total. The van der Waals surface area contributed by atoms with Gasteiger partial charge in [-0.25, -0.2) is 0 Å². The molecular formula is C9H14N2OS2. The Morgan fingerprint density at radius 3 is 2.43 bits per heavy atom. The molecule has 0 saturated heterocycles. The lowest BCUT2D eigenvalue weighted by atomic mass is 10.3. The van der Waals surface area contributed by atoms with E-state index in [1.54, 1.807) is 0 Å². The molecule has 1 aromatic rings. The van der Waals surface area contributed by atoms with Gasteiger partial charge in [0, 0.05) is 5.69 Å². The monoisotopic (exact) mass is 230 g/mol. The summed E-state index contributed by atoms with van der Waals surface area (Å²) in [6.07, 6.45) is 0. The zero-order valence-electron chi connectivity index (χ0n) is 8.24. The van der Waals surface area contributed by atoms with Gasteiger partial charge < -0.3 is 41.1 Å². The summed E-state index contributed by atoms with van der Waals surface area (Å²) in [7, 11) is 0. The lowest BCUT2D eigenvalue weighted by Gasteiger charge is -2.10. The Hall–Kier alpha value is -0.910. The molecule has 0 radical (unpaired) electrons. The normalized spacial score (nSPS) is 8.64. The van der Waals surface area contributed by atoms with Crippen molar-refractivity contribution in [2.45, 2.75) is 6.92 Å². The predicted molar refractivity (Wildman–Crippen MR) is 67.2 cm³/mol. The van der Waals surface area contributed by atoms with E-state index in [9.17, 15) is 0 Å². The number of hydrogen-bond acceptors (Lipinski definition) is 3. The molecule has 0 saturated carbocycles. The van der Waals surface area contributed by atoms with Crippen LogP contribution < -0.4 is 16.2 Å². The number of rotatable bonds is 3. The van der Waals surface area contributed by atoms with E-state index in [1.807, 2.05) is 31.2 Å². The summed E-state index contributed by atoms with van der Waals surface area (Å²) in [4.78, 5) is 0. The zero-order chi connectivity index (χ0) is 9.68. The third-order valence-corrected chi connectivity index (χ3v) is 1.62. The third-order valence-electron chi connectivity index (χ3n) is 1.41. The van der Waals surface area contributed by atoms with Crippen LogP contribution in [-0.4, -0.2) is 10.9 Å². The van der Waals surface area contributed by atoms with Crippen LogP contribution in [0.4, 0.5) is 5.69 Å². The first-order chi connectivity index (χ1) is 6.22. The summed E-state index contributed by atoms with van der Waals surface area (Å²) in [6.45, 7) is 2.62. The van der Waals surface area contributed by atoms with Crippen LogP contribution in [0.1, 0.15) is 6.92 Å². The molecule has 0 spiro atoms. The SMILES string of the molecule is CCOc1ccc(NC(=S)[S-])cc1.[NH4+]. The van der Waals surface area contributed by atoms with Crippen molar-refractivity contribution < 1.29 is 4.74 Å². The number of anilines is 1. The maximum Gasteiger partial charge on any atom is 0.119 e.